The Morgan fingerprint density at radius 1 is 1.30 bits per heavy atom. The van der Waals surface area contributed by atoms with Gasteiger partial charge in [0, 0.05) is 25.8 Å². The van der Waals surface area contributed by atoms with E-state index in [2.05, 4.69) is 47.0 Å². The van der Waals surface area contributed by atoms with Gasteiger partial charge in [0.25, 0.3) is 0 Å². The van der Waals surface area contributed by atoms with E-state index in [1.54, 1.807) is 0 Å². The van der Waals surface area contributed by atoms with Crippen LogP contribution in [0.4, 0.5) is 5.82 Å². The number of rotatable bonds is 8. The Kier molecular flexibility index (Phi) is 7.47. The molecule has 20 heavy (non-hydrogen) atoms. The van der Waals surface area contributed by atoms with Gasteiger partial charge in [-0.2, -0.15) is 0 Å². The lowest BCUT2D eigenvalue weighted by molar-refractivity contribution is 0.748. The van der Waals surface area contributed by atoms with Gasteiger partial charge in [0.1, 0.15) is 5.82 Å². The van der Waals surface area contributed by atoms with Crippen molar-refractivity contribution in [3.63, 3.8) is 0 Å². The Bertz CT molecular complexity index is 395. The number of nitrogens with one attached hydrogen (secondary N) is 1. The molecule has 0 unspecified atom stereocenters. The summed E-state index contributed by atoms with van der Waals surface area (Å²) < 4.78 is 0. The number of aromatic nitrogens is 1. The molecule has 0 amide bonds. The van der Waals surface area contributed by atoms with Gasteiger partial charge in [0.05, 0.1) is 6.54 Å². The molecule has 0 aliphatic heterocycles. The zero-order chi connectivity index (χ0) is 14.8. The highest BCUT2D eigenvalue weighted by molar-refractivity contribution is 5.77. The van der Waals surface area contributed by atoms with Crippen LogP contribution in [0, 0.1) is 0 Å². The fourth-order valence-electron chi connectivity index (χ4n) is 1.87. The van der Waals surface area contributed by atoms with E-state index in [0.29, 0.717) is 12.5 Å². The molecule has 0 radical (unpaired) electrons. The number of nitrogens with zero attached hydrogens (tertiary/aromatic N) is 3. The third-order valence-electron chi connectivity index (χ3n) is 3.16. The minimum atomic E-state index is 0.506. The van der Waals surface area contributed by atoms with Gasteiger partial charge in [0.2, 0.25) is 0 Å². The van der Waals surface area contributed by atoms with E-state index in [0.717, 1.165) is 43.9 Å². The predicted octanol–water partition coefficient (Wildman–Crippen LogP) is 2.13. The number of guanidine groups is 1. The second kappa shape index (κ2) is 9.18. The molecule has 0 saturated carbocycles. The molecule has 0 bridgehead atoms. The molecule has 0 aromatic carbocycles. The molecule has 0 aliphatic carbocycles. The normalized spacial score (nSPS) is 11.4. The molecule has 1 rings (SSSR count). The van der Waals surface area contributed by atoms with Crippen molar-refractivity contribution >= 4 is 11.8 Å². The lowest BCUT2D eigenvalue weighted by Gasteiger charge is -2.19. The maximum atomic E-state index is 5.79. The average Bonchev–Trinajstić information content (AvgIpc) is 2.48. The number of anilines is 1. The van der Waals surface area contributed by atoms with Gasteiger partial charge < -0.3 is 16.0 Å². The van der Waals surface area contributed by atoms with Crippen molar-refractivity contribution in [3.8, 4) is 0 Å². The third kappa shape index (κ3) is 5.47. The highest BCUT2D eigenvalue weighted by Gasteiger charge is 2.02. The molecular weight excluding hydrogens is 250 g/mol. The van der Waals surface area contributed by atoms with Gasteiger partial charge in [0.15, 0.2) is 5.96 Å². The molecule has 0 spiro atoms. The smallest absolute Gasteiger partial charge is 0.188 e. The molecule has 5 nitrogen and oxygen atoms in total. The van der Waals surface area contributed by atoms with Crippen LogP contribution in [-0.2, 0) is 6.54 Å². The Balaban J connectivity index is 2.50. The van der Waals surface area contributed by atoms with Crippen LogP contribution in [0.25, 0.3) is 0 Å². The maximum Gasteiger partial charge on any atom is 0.188 e. The molecule has 1 heterocycles. The monoisotopic (exact) mass is 277 g/mol. The van der Waals surface area contributed by atoms with Crippen LogP contribution < -0.4 is 16.0 Å². The zero-order valence-corrected chi connectivity index (χ0v) is 12.9. The van der Waals surface area contributed by atoms with Gasteiger partial charge in [-0.1, -0.05) is 19.4 Å². The van der Waals surface area contributed by atoms with Gasteiger partial charge in [-0.25, -0.2) is 9.98 Å². The Morgan fingerprint density at radius 2 is 2.05 bits per heavy atom. The summed E-state index contributed by atoms with van der Waals surface area (Å²) in [7, 11) is 0. The van der Waals surface area contributed by atoms with Crippen LogP contribution in [-0.4, -0.2) is 30.6 Å². The summed E-state index contributed by atoms with van der Waals surface area (Å²) in [6.45, 7) is 9.79. The van der Waals surface area contributed by atoms with E-state index in [1.807, 2.05) is 12.3 Å². The topological polar surface area (TPSA) is 66.5 Å². The quantitative estimate of drug-likeness (QED) is 0.434. The van der Waals surface area contributed by atoms with Crippen molar-refractivity contribution in [1.29, 1.82) is 0 Å². The van der Waals surface area contributed by atoms with Crippen LogP contribution in [0.2, 0.25) is 0 Å². The maximum absolute atomic E-state index is 5.79. The van der Waals surface area contributed by atoms with Crippen LogP contribution in [0.1, 0.15) is 39.2 Å². The highest BCUT2D eigenvalue weighted by atomic mass is 15.2. The minimum Gasteiger partial charge on any atom is -0.370 e. The van der Waals surface area contributed by atoms with E-state index < -0.39 is 0 Å². The van der Waals surface area contributed by atoms with E-state index in [9.17, 15) is 0 Å². The summed E-state index contributed by atoms with van der Waals surface area (Å²) in [4.78, 5) is 11.0. The van der Waals surface area contributed by atoms with Crippen LogP contribution >= 0.6 is 0 Å². The van der Waals surface area contributed by atoms with Gasteiger partial charge in [-0.15, -0.1) is 0 Å². The molecule has 0 fully saturated rings. The van der Waals surface area contributed by atoms with E-state index in [4.69, 9.17) is 5.73 Å². The average molecular weight is 277 g/mol. The fraction of sp³-hybridized carbons (Fsp3) is 0.600. The Hall–Kier alpha value is -1.78. The van der Waals surface area contributed by atoms with Gasteiger partial charge >= 0.3 is 0 Å². The molecule has 3 N–H and O–H groups in total. The standard InChI is InChI=1S/C15H27N5/c1-4-7-10-17-15(16)19-12-13-8-9-14(18-11-13)20(5-2)6-3/h8-9,11H,4-7,10,12H2,1-3H3,(H3,16,17,19). The predicted molar refractivity (Wildman–Crippen MR) is 86.0 cm³/mol. The molecule has 1 aromatic heterocycles. The fourth-order valence-corrected chi connectivity index (χ4v) is 1.87. The van der Waals surface area contributed by atoms with Crippen molar-refractivity contribution in [2.45, 2.75) is 40.2 Å². The van der Waals surface area contributed by atoms with E-state index in [1.165, 1.54) is 0 Å². The SMILES string of the molecule is CCCCNC(N)=NCc1ccc(N(CC)CC)nc1. The molecule has 1 aromatic rings. The summed E-state index contributed by atoms with van der Waals surface area (Å²) in [5.41, 5.74) is 6.86. The highest BCUT2D eigenvalue weighted by Crippen LogP contribution is 2.11. The van der Waals surface area contributed by atoms with Gasteiger partial charge in [-0.3, -0.25) is 0 Å². The first kappa shape index (κ1) is 16.3. The Morgan fingerprint density at radius 3 is 2.60 bits per heavy atom. The number of hydrogen-bond acceptors (Lipinski definition) is 3. The van der Waals surface area contributed by atoms with Crippen LogP contribution in [0.15, 0.2) is 23.3 Å². The first-order valence-corrected chi connectivity index (χ1v) is 7.44. The second-order valence-electron chi connectivity index (χ2n) is 4.68. The van der Waals surface area contributed by atoms with Crippen molar-refractivity contribution < 1.29 is 0 Å². The number of aliphatic imine (C=N–C) groups is 1. The van der Waals surface area contributed by atoms with Crippen LogP contribution in [0.3, 0.4) is 0 Å². The summed E-state index contributed by atoms with van der Waals surface area (Å²) in [5.74, 6) is 1.52. The summed E-state index contributed by atoms with van der Waals surface area (Å²) >= 11 is 0. The minimum absolute atomic E-state index is 0.506. The summed E-state index contributed by atoms with van der Waals surface area (Å²) in [6.07, 6.45) is 4.13. The number of pyridine rings is 1. The number of hydrogen-bond donors (Lipinski definition) is 2. The molecular formula is C15H27N5. The molecule has 5 heteroatoms. The van der Waals surface area contributed by atoms with E-state index in [-0.39, 0.29) is 0 Å². The van der Waals surface area contributed by atoms with Crippen molar-refractivity contribution in [2.24, 2.45) is 10.7 Å². The van der Waals surface area contributed by atoms with Crippen molar-refractivity contribution in [1.82, 2.24) is 10.3 Å². The summed E-state index contributed by atoms with van der Waals surface area (Å²) in [5, 5.41) is 3.10. The molecule has 112 valence electrons. The first-order valence-electron chi connectivity index (χ1n) is 7.44. The zero-order valence-electron chi connectivity index (χ0n) is 12.9. The Labute approximate surface area is 122 Å². The van der Waals surface area contributed by atoms with Gasteiger partial charge in [-0.05, 0) is 31.9 Å². The largest absolute Gasteiger partial charge is 0.370 e. The molecule has 0 atom stereocenters. The molecule has 0 saturated heterocycles. The second-order valence-corrected chi connectivity index (χ2v) is 4.68. The third-order valence-corrected chi connectivity index (χ3v) is 3.16. The van der Waals surface area contributed by atoms with Crippen LogP contribution in [0.5, 0.6) is 0 Å². The van der Waals surface area contributed by atoms with Crippen molar-refractivity contribution in [2.75, 3.05) is 24.5 Å². The first-order chi connectivity index (χ1) is 9.71. The lowest BCUT2D eigenvalue weighted by atomic mass is 10.3. The number of unbranched alkanes of at least 4 members (excludes halogenated alkanes) is 1. The molecule has 0 aliphatic rings. The van der Waals surface area contributed by atoms with Crippen molar-refractivity contribution in [3.05, 3.63) is 23.9 Å². The summed E-state index contributed by atoms with van der Waals surface area (Å²) in [6, 6.07) is 4.10. The lowest BCUT2D eigenvalue weighted by Crippen LogP contribution is -2.32. The number of nitrogens with two attached hydrogens (primary N) is 1. The van der Waals surface area contributed by atoms with E-state index >= 15 is 0 Å².